The molecule has 218 valence electrons. The van der Waals surface area contributed by atoms with Gasteiger partial charge in [0.05, 0.1) is 11.1 Å². The number of pyridine rings is 2. The van der Waals surface area contributed by atoms with Gasteiger partial charge in [0, 0.05) is 43.2 Å². The molecule has 10 nitrogen and oxygen atoms in total. The third kappa shape index (κ3) is 4.93. The summed E-state index contributed by atoms with van der Waals surface area (Å²) in [6.07, 6.45) is 3.48. The van der Waals surface area contributed by atoms with Gasteiger partial charge in [-0.15, -0.1) is 0 Å². The molecule has 1 aliphatic heterocycles. The van der Waals surface area contributed by atoms with Crippen molar-refractivity contribution in [2.45, 2.75) is 37.9 Å². The van der Waals surface area contributed by atoms with Crippen LogP contribution in [0.15, 0.2) is 65.1 Å². The molecule has 4 aromatic rings. The van der Waals surface area contributed by atoms with E-state index in [0.717, 1.165) is 23.0 Å². The second-order valence-electron chi connectivity index (χ2n) is 10.3. The van der Waals surface area contributed by atoms with Gasteiger partial charge < -0.3 is 9.80 Å². The van der Waals surface area contributed by atoms with Crippen LogP contribution in [0.1, 0.15) is 19.4 Å². The summed E-state index contributed by atoms with van der Waals surface area (Å²) in [6.45, 7) is 9.38. The number of hydrogen-bond donors (Lipinski definition) is 0. The Kier molecular flexibility index (Phi) is 7.39. The van der Waals surface area contributed by atoms with Gasteiger partial charge in [-0.3, -0.25) is 4.79 Å². The lowest BCUT2D eigenvalue weighted by molar-refractivity contribution is -0.127. The number of hydrogen-bond acceptors (Lipinski definition) is 8. The van der Waals surface area contributed by atoms with E-state index in [1.807, 2.05) is 13.8 Å². The highest BCUT2D eigenvalue weighted by atomic mass is 32.2. The van der Waals surface area contributed by atoms with Crippen LogP contribution in [0.3, 0.4) is 0 Å². The number of rotatable bonds is 5. The molecule has 1 aromatic carbocycles. The van der Waals surface area contributed by atoms with Crippen molar-refractivity contribution in [3.05, 3.63) is 82.9 Å². The van der Waals surface area contributed by atoms with Crippen molar-refractivity contribution in [1.29, 1.82) is 0 Å². The monoisotopic (exact) mass is 594 g/mol. The summed E-state index contributed by atoms with van der Waals surface area (Å²) in [4.78, 5) is 42.4. The number of halogens is 2. The summed E-state index contributed by atoms with van der Waals surface area (Å²) in [5, 5.41) is -0.297. The number of nitrogens with zero attached hydrogens (tertiary/aromatic N) is 6. The van der Waals surface area contributed by atoms with E-state index in [2.05, 4.69) is 21.5 Å². The highest BCUT2D eigenvalue weighted by Gasteiger charge is 2.35. The highest BCUT2D eigenvalue weighted by molar-refractivity contribution is 7.90. The molecule has 2 atom stereocenters. The first-order valence-corrected chi connectivity index (χ1v) is 15.0. The van der Waals surface area contributed by atoms with E-state index in [0.29, 0.717) is 5.56 Å². The molecule has 3 aromatic heterocycles. The first-order valence-electron chi connectivity index (χ1n) is 13.1. The predicted molar refractivity (Wildman–Crippen MR) is 154 cm³/mol. The van der Waals surface area contributed by atoms with E-state index < -0.39 is 32.2 Å². The fourth-order valence-electron chi connectivity index (χ4n) is 5.46. The van der Waals surface area contributed by atoms with Crippen LogP contribution in [0, 0.1) is 18.6 Å². The summed E-state index contributed by atoms with van der Waals surface area (Å²) in [6, 6.07) is 7.42. The van der Waals surface area contributed by atoms with Crippen molar-refractivity contribution in [3.8, 4) is 16.9 Å². The van der Waals surface area contributed by atoms with Crippen molar-refractivity contribution >= 4 is 32.6 Å². The average molecular weight is 595 g/mol. The molecule has 0 aliphatic carbocycles. The molecule has 0 radical (unpaired) electrons. The molecule has 0 unspecified atom stereocenters. The first kappa shape index (κ1) is 29.0. The fourth-order valence-corrected chi connectivity index (χ4v) is 6.32. The third-order valence-electron chi connectivity index (χ3n) is 7.25. The third-order valence-corrected chi connectivity index (χ3v) is 8.25. The van der Waals surface area contributed by atoms with E-state index in [9.17, 15) is 22.4 Å². The lowest BCUT2D eigenvalue weighted by Gasteiger charge is -2.45. The molecule has 1 amide bonds. The van der Waals surface area contributed by atoms with Gasteiger partial charge in [-0.1, -0.05) is 18.7 Å². The van der Waals surface area contributed by atoms with Crippen LogP contribution in [-0.4, -0.2) is 70.2 Å². The normalized spacial score (nSPS) is 17.5. The maximum atomic E-state index is 15.8. The van der Waals surface area contributed by atoms with E-state index in [1.54, 1.807) is 16.7 Å². The summed E-state index contributed by atoms with van der Waals surface area (Å²) in [7, 11) is -3.95. The van der Waals surface area contributed by atoms with E-state index in [-0.39, 0.29) is 64.9 Å². The van der Waals surface area contributed by atoms with Gasteiger partial charge in [0.2, 0.25) is 5.91 Å². The summed E-state index contributed by atoms with van der Waals surface area (Å²) < 4.78 is 57.1. The van der Waals surface area contributed by atoms with Crippen LogP contribution in [0.25, 0.3) is 28.0 Å². The van der Waals surface area contributed by atoms with Crippen LogP contribution in [-0.2, 0) is 14.6 Å². The molecule has 42 heavy (non-hydrogen) atoms. The molecule has 0 spiro atoms. The van der Waals surface area contributed by atoms with E-state index >= 15 is 4.39 Å². The van der Waals surface area contributed by atoms with Gasteiger partial charge >= 0.3 is 5.69 Å². The molecule has 0 saturated carbocycles. The van der Waals surface area contributed by atoms with Gasteiger partial charge in [0.25, 0.3) is 0 Å². The van der Waals surface area contributed by atoms with Crippen LogP contribution >= 0.6 is 0 Å². The molecule has 0 N–H and O–H groups in total. The smallest absolute Gasteiger partial charge is 0.347 e. The molecule has 13 heteroatoms. The van der Waals surface area contributed by atoms with Crippen LogP contribution in [0.4, 0.5) is 14.6 Å². The van der Waals surface area contributed by atoms with Crippen molar-refractivity contribution in [2.75, 3.05) is 24.2 Å². The number of aryl methyl sites for hydroxylation is 1. The molecular formula is C29H28F2N6O4S. The van der Waals surface area contributed by atoms with Crippen molar-refractivity contribution < 1.29 is 22.0 Å². The molecule has 1 saturated heterocycles. The minimum absolute atomic E-state index is 0.0878. The average Bonchev–Trinajstić information content (AvgIpc) is 2.92. The maximum Gasteiger partial charge on any atom is 0.355 e. The minimum Gasteiger partial charge on any atom is -0.347 e. The number of sulfone groups is 1. The van der Waals surface area contributed by atoms with Crippen molar-refractivity contribution in [2.24, 2.45) is 0 Å². The Morgan fingerprint density at radius 3 is 2.36 bits per heavy atom. The van der Waals surface area contributed by atoms with Crippen molar-refractivity contribution in [3.63, 3.8) is 0 Å². The summed E-state index contributed by atoms with van der Waals surface area (Å²) >= 11 is 0. The molecule has 0 bridgehead atoms. The number of anilines is 1. The van der Waals surface area contributed by atoms with Gasteiger partial charge in [0.15, 0.2) is 20.5 Å². The SMILES string of the molecule is C=CC(=O)N1C[C@@H](C)N(c2nc(=O)n(-c3c(C)ccnc3S(C)(=O)=O)c3nc(-c4ccccc4F)c(F)cc23)[C@@H](C)C1. The second kappa shape index (κ2) is 10.7. The fraction of sp³-hybridized carbons (Fsp3) is 0.276. The van der Waals surface area contributed by atoms with Gasteiger partial charge in [-0.25, -0.2) is 36.5 Å². The second-order valence-corrected chi connectivity index (χ2v) is 12.3. The topological polar surface area (TPSA) is 118 Å². The summed E-state index contributed by atoms with van der Waals surface area (Å²) in [5.41, 5.74) is -1.24. The Bertz CT molecular complexity index is 1920. The lowest BCUT2D eigenvalue weighted by atomic mass is 10.1. The predicted octanol–water partition coefficient (Wildman–Crippen LogP) is 3.44. The van der Waals surface area contributed by atoms with Crippen molar-refractivity contribution in [1.82, 2.24) is 24.4 Å². The van der Waals surface area contributed by atoms with Crippen LogP contribution < -0.4 is 10.6 Å². The van der Waals surface area contributed by atoms with Crippen LogP contribution in [0.5, 0.6) is 0 Å². The van der Waals surface area contributed by atoms with Gasteiger partial charge in [-0.2, -0.15) is 4.98 Å². The maximum absolute atomic E-state index is 15.8. The molecule has 5 rings (SSSR count). The molecule has 4 heterocycles. The quantitative estimate of drug-likeness (QED) is 0.323. The number of amides is 1. The standard InChI is InChI=1S/C29H28F2N6O4S/c1-6-23(38)35-14-17(3)36(18(4)15-35)27-20-13-22(31)24(19-9-7-8-10-21(19)30)33-26(20)37(29(39)34-27)25-16(2)11-12-32-28(25)42(5,40)41/h6-13,17-18H,1,14-15H2,2-5H3/t17-,18+. The minimum atomic E-state index is -3.95. The van der Waals surface area contributed by atoms with Gasteiger partial charge in [-0.05, 0) is 56.7 Å². The Labute approximate surface area is 240 Å². The summed E-state index contributed by atoms with van der Waals surface area (Å²) in [5.74, 6) is -1.74. The molecule has 1 fully saturated rings. The van der Waals surface area contributed by atoms with E-state index in [4.69, 9.17) is 0 Å². The Balaban J connectivity index is 1.87. The zero-order valence-electron chi connectivity index (χ0n) is 23.4. The molecular weight excluding hydrogens is 566 g/mol. The Morgan fingerprint density at radius 2 is 1.74 bits per heavy atom. The zero-order valence-corrected chi connectivity index (χ0v) is 24.2. The molecule has 1 aliphatic rings. The first-order chi connectivity index (χ1) is 19.8. The number of aromatic nitrogens is 4. The highest BCUT2D eigenvalue weighted by Crippen LogP contribution is 2.34. The number of carbonyl (C=O) groups excluding carboxylic acids is 1. The number of benzene rings is 1. The van der Waals surface area contributed by atoms with Crippen LogP contribution in [0.2, 0.25) is 0 Å². The Hall–Kier alpha value is -4.52. The number of piperazine rings is 1. The Morgan fingerprint density at radius 1 is 1.07 bits per heavy atom. The number of carbonyl (C=O) groups is 1. The van der Waals surface area contributed by atoms with Gasteiger partial charge in [0.1, 0.15) is 23.1 Å². The largest absolute Gasteiger partial charge is 0.355 e. The van der Waals surface area contributed by atoms with E-state index in [1.165, 1.54) is 36.5 Å². The zero-order chi connectivity index (χ0) is 30.5. The lowest BCUT2D eigenvalue weighted by Crippen LogP contribution is -2.58. The number of fused-ring (bicyclic) bond motifs is 1.